The van der Waals surface area contributed by atoms with E-state index in [0.717, 1.165) is 12.8 Å². The summed E-state index contributed by atoms with van der Waals surface area (Å²) < 4.78 is 11.8. The van der Waals surface area contributed by atoms with Gasteiger partial charge in [0.1, 0.15) is 0 Å². The Labute approximate surface area is 138 Å². The molecule has 2 nitrogen and oxygen atoms in total. The van der Waals surface area contributed by atoms with Crippen molar-refractivity contribution in [2.24, 2.45) is 0 Å². The number of hydrogen-bond acceptors (Lipinski definition) is 3. The molecule has 0 aromatic carbocycles. The first kappa shape index (κ1) is 21.3. The molecule has 0 saturated carbocycles. The molecule has 0 rings (SSSR count). The van der Waals surface area contributed by atoms with Crippen LogP contribution < -0.4 is 0 Å². The maximum atomic E-state index is 5.91. The molecule has 3 heteroatoms. The highest BCUT2D eigenvalue weighted by molar-refractivity contribution is 7.89. The Morgan fingerprint density at radius 3 is 1.33 bits per heavy atom. The lowest BCUT2D eigenvalue weighted by molar-refractivity contribution is 0.146. The summed E-state index contributed by atoms with van der Waals surface area (Å²) >= 11 is 1.27. The van der Waals surface area contributed by atoms with E-state index in [2.05, 4.69) is 27.7 Å². The molecule has 0 aromatic heterocycles. The third kappa shape index (κ3) is 13.6. The highest BCUT2D eigenvalue weighted by Crippen LogP contribution is 2.23. The maximum Gasteiger partial charge on any atom is 0.159 e. The van der Waals surface area contributed by atoms with Gasteiger partial charge in [-0.3, -0.25) is 8.37 Å². The highest BCUT2D eigenvalue weighted by atomic mass is 32.2. The summed E-state index contributed by atoms with van der Waals surface area (Å²) in [5.41, 5.74) is 0. The second-order valence-corrected chi connectivity index (χ2v) is 6.59. The molecule has 21 heavy (non-hydrogen) atoms. The molecule has 0 amide bonds. The van der Waals surface area contributed by atoms with Gasteiger partial charge in [0.2, 0.25) is 0 Å². The van der Waals surface area contributed by atoms with Gasteiger partial charge in [0.05, 0.1) is 12.2 Å². The third-order valence-corrected chi connectivity index (χ3v) is 4.53. The lowest BCUT2D eigenvalue weighted by Gasteiger charge is -2.19. The van der Waals surface area contributed by atoms with Gasteiger partial charge in [0.15, 0.2) is 12.3 Å². The molecule has 0 aliphatic rings. The van der Waals surface area contributed by atoms with E-state index >= 15 is 0 Å². The molecule has 0 bridgehead atoms. The minimum absolute atomic E-state index is 0.365. The van der Waals surface area contributed by atoms with Crippen LogP contribution in [0.25, 0.3) is 0 Å². The van der Waals surface area contributed by atoms with Crippen molar-refractivity contribution in [3.05, 3.63) is 0 Å². The van der Waals surface area contributed by atoms with Crippen LogP contribution in [0.1, 0.15) is 105 Å². The topological polar surface area (TPSA) is 18.5 Å². The smallest absolute Gasteiger partial charge is 0.159 e. The Bertz CT molecular complexity index is 180. The van der Waals surface area contributed by atoms with Crippen LogP contribution in [0.4, 0.5) is 0 Å². The van der Waals surface area contributed by atoms with Gasteiger partial charge in [-0.1, -0.05) is 79.1 Å². The molecule has 0 spiro atoms. The normalized spacial score (nSPS) is 14.3. The van der Waals surface area contributed by atoms with Gasteiger partial charge in [-0.25, -0.2) is 0 Å². The van der Waals surface area contributed by atoms with Gasteiger partial charge in [-0.2, -0.15) is 0 Å². The summed E-state index contributed by atoms with van der Waals surface area (Å²) in [6, 6.07) is 0. The van der Waals surface area contributed by atoms with E-state index in [1.165, 1.54) is 76.5 Å². The van der Waals surface area contributed by atoms with Crippen molar-refractivity contribution in [3.8, 4) is 0 Å². The average molecular weight is 319 g/mol. The van der Waals surface area contributed by atoms with Gasteiger partial charge in [-0.05, 0) is 25.7 Å². The van der Waals surface area contributed by atoms with E-state index in [1.807, 2.05) is 0 Å². The van der Waals surface area contributed by atoms with E-state index in [4.69, 9.17) is 8.37 Å². The summed E-state index contributed by atoms with van der Waals surface area (Å²) in [6.45, 7) is 8.96. The lowest BCUT2D eigenvalue weighted by atomic mass is 10.1. The standard InChI is InChI=1S/C18H38O2S/c1-5-9-11-15-17(13-7-3)19-21-20-18(14-8-4)16-12-10-6-2/h17-18H,5-16H2,1-4H3. The molecule has 0 saturated heterocycles. The van der Waals surface area contributed by atoms with Crippen LogP contribution in [0.2, 0.25) is 0 Å². The van der Waals surface area contributed by atoms with Crippen molar-refractivity contribution < 1.29 is 8.37 Å². The molecule has 0 aromatic rings. The van der Waals surface area contributed by atoms with Crippen molar-refractivity contribution in [1.82, 2.24) is 0 Å². The molecular formula is C18H38O2S. The van der Waals surface area contributed by atoms with E-state index < -0.39 is 0 Å². The van der Waals surface area contributed by atoms with Crippen molar-refractivity contribution in [2.45, 2.75) is 117 Å². The number of unbranched alkanes of at least 4 members (excludes halogenated alkanes) is 4. The van der Waals surface area contributed by atoms with E-state index in [1.54, 1.807) is 0 Å². The van der Waals surface area contributed by atoms with Crippen molar-refractivity contribution in [3.63, 3.8) is 0 Å². The van der Waals surface area contributed by atoms with Gasteiger partial charge in [0, 0.05) is 0 Å². The van der Waals surface area contributed by atoms with E-state index in [-0.39, 0.29) is 0 Å². The Morgan fingerprint density at radius 1 is 0.571 bits per heavy atom. The van der Waals surface area contributed by atoms with Crippen molar-refractivity contribution >= 4 is 12.3 Å². The second-order valence-electron chi connectivity index (χ2n) is 6.07. The van der Waals surface area contributed by atoms with Gasteiger partial charge >= 0.3 is 0 Å². The van der Waals surface area contributed by atoms with Crippen molar-refractivity contribution in [2.75, 3.05) is 0 Å². The van der Waals surface area contributed by atoms with Gasteiger partial charge < -0.3 is 0 Å². The van der Waals surface area contributed by atoms with Gasteiger partial charge in [0.25, 0.3) is 0 Å². The first-order chi connectivity index (χ1) is 10.3. The highest BCUT2D eigenvalue weighted by Gasteiger charge is 2.13. The maximum absolute atomic E-state index is 5.91. The Balaban J connectivity index is 3.88. The minimum atomic E-state index is 0.365. The molecule has 0 aliphatic carbocycles. The molecule has 0 aliphatic heterocycles. The fourth-order valence-electron chi connectivity index (χ4n) is 2.50. The fraction of sp³-hybridized carbons (Fsp3) is 1.00. The Morgan fingerprint density at radius 2 is 1.00 bits per heavy atom. The monoisotopic (exact) mass is 318 g/mol. The molecule has 0 fully saturated rings. The molecule has 0 radical (unpaired) electrons. The van der Waals surface area contributed by atoms with Crippen LogP contribution in [-0.4, -0.2) is 12.2 Å². The molecule has 128 valence electrons. The summed E-state index contributed by atoms with van der Waals surface area (Å²) in [6.07, 6.45) is 15.5. The van der Waals surface area contributed by atoms with Gasteiger partial charge in [-0.15, -0.1) is 0 Å². The Kier molecular flexibility index (Phi) is 16.9. The van der Waals surface area contributed by atoms with E-state index in [0.29, 0.717) is 12.2 Å². The van der Waals surface area contributed by atoms with Crippen LogP contribution in [0.15, 0.2) is 0 Å². The predicted octanol–water partition coefficient (Wildman–Crippen LogP) is 7.08. The minimum Gasteiger partial charge on any atom is -0.288 e. The summed E-state index contributed by atoms with van der Waals surface area (Å²) in [5.74, 6) is 0. The summed E-state index contributed by atoms with van der Waals surface area (Å²) in [7, 11) is 0. The first-order valence-corrected chi connectivity index (χ1v) is 9.93. The zero-order valence-electron chi connectivity index (χ0n) is 14.9. The van der Waals surface area contributed by atoms with Crippen LogP contribution in [0, 0.1) is 0 Å². The molecular weight excluding hydrogens is 280 g/mol. The van der Waals surface area contributed by atoms with E-state index in [9.17, 15) is 0 Å². The largest absolute Gasteiger partial charge is 0.288 e. The van der Waals surface area contributed by atoms with Crippen LogP contribution in [0.5, 0.6) is 0 Å². The number of rotatable bonds is 16. The van der Waals surface area contributed by atoms with Crippen molar-refractivity contribution in [1.29, 1.82) is 0 Å². The molecule has 2 atom stereocenters. The fourth-order valence-corrected chi connectivity index (χ4v) is 3.16. The predicted molar refractivity (Wildman–Crippen MR) is 95.4 cm³/mol. The zero-order valence-corrected chi connectivity index (χ0v) is 15.7. The molecule has 2 unspecified atom stereocenters. The van der Waals surface area contributed by atoms with Crippen LogP contribution in [0.3, 0.4) is 0 Å². The van der Waals surface area contributed by atoms with Crippen LogP contribution >= 0.6 is 12.3 Å². The SMILES string of the molecule is CCCCCC(CCC)OSOC(CCC)CCCCC. The lowest BCUT2D eigenvalue weighted by Crippen LogP contribution is -2.13. The first-order valence-electron chi connectivity index (χ1n) is 9.27. The average Bonchev–Trinajstić information content (AvgIpc) is 2.47. The summed E-state index contributed by atoms with van der Waals surface area (Å²) in [4.78, 5) is 0. The second kappa shape index (κ2) is 16.6. The molecule has 0 N–H and O–H groups in total. The Hall–Kier alpha value is 0.270. The third-order valence-electron chi connectivity index (χ3n) is 3.83. The quantitative estimate of drug-likeness (QED) is 0.224. The zero-order chi connectivity index (χ0) is 15.8. The van der Waals surface area contributed by atoms with Crippen LogP contribution in [-0.2, 0) is 8.37 Å². The summed E-state index contributed by atoms with van der Waals surface area (Å²) in [5, 5.41) is 0. The number of hydrogen-bond donors (Lipinski definition) is 0. The molecule has 0 heterocycles.